The van der Waals surface area contributed by atoms with E-state index in [1.165, 1.54) is 0 Å². The van der Waals surface area contributed by atoms with E-state index in [4.69, 9.17) is 21.3 Å². The molecule has 0 bridgehead atoms. The van der Waals surface area contributed by atoms with Gasteiger partial charge in [0, 0.05) is 29.1 Å². The van der Waals surface area contributed by atoms with Crippen LogP contribution in [-0.4, -0.2) is 30.1 Å². The lowest BCUT2D eigenvalue weighted by Crippen LogP contribution is -2.32. The highest BCUT2D eigenvalue weighted by atomic mass is 35.5. The molecule has 2 heterocycles. The van der Waals surface area contributed by atoms with Gasteiger partial charge in [0.1, 0.15) is 0 Å². The average molecular weight is 409 g/mol. The monoisotopic (exact) mass is 408 g/mol. The van der Waals surface area contributed by atoms with E-state index in [2.05, 4.69) is 11.4 Å². The lowest BCUT2D eigenvalue weighted by Gasteiger charge is -2.17. The van der Waals surface area contributed by atoms with Crippen LogP contribution in [0.15, 0.2) is 36.4 Å². The van der Waals surface area contributed by atoms with Crippen LogP contribution >= 0.6 is 11.6 Å². The number of nitrogens with one attached hydrogen (secondary N) is 1. The summed E-state index contributed by atoms with van der Waals surface area (Å²) < 4.78 is 5.66. The number of pyridine rings is 1. The molecule has 1 aliphatic rings. The number of ether oxygens (including phenoxy) is 1. The summed E-state index contributed by atoms with van der Waals surface area (Å²) in [5.74, 6) is -0.0846. The lowest BCUT2D eigenvalue weighted by molar-refractivity contribution is 0.0858. The number of hydrogen-bond donors (Lipinski definition) is 1. The van der Waals surface area contributed by atoms with Crippen molar-refractivity contribution >= 4 is 28.4 Å². The summed E-state index contributed by atoms with van der Waals surface area (Å²) in [6.07, 6.45) is 2.14. The summed E-state index contributed by atoms with van der Waals surface area (Å²) >= 11 is 6.22. The van der Waals surface area contributed by atoms with Crippen molar-refractivity contribution in [3.63, 3.8) is 0 Å². The lowest BCUT2D eigenvalue weighted by atomic mass is 9.94. The molecule has 2 aromatic carbocycles. The largest absolute Gasteiger partial charge is 0.376 e. The molecule has 0 spiro atoms. The van der Waals surface area contributed by atoms with Gasteiger partial charge in [0.25, 0.3) is 5.91 Å². The Hall–Kier alpha value is -2.43. The molecule has 1 aliphatic heterocycles. The summed E-state index contributed by atoms with van der Waals surface area (Å²) in [4.78, 5) is 18.2. The Kier molecular flexibility index (Phi) is 5.57. The number of carbonyl (C=O) groups excluding carboxylic acids is 1. The number of halogens is 1. The number of carbonyl (C=O) groups is 1. The van der Waals surface area contributed by atoms with Gasteiger partial charge in [0.2, 0.25) is 0 Å². The molecule has 1 saturated heterocycles. The highest BCUT2D eigenvalue weighted by Gasteiger charge is 2.22. The third-order valence-corrected chi connectivity index (χ3v) is 5.74. The first-order valence-corrected chi connectivity index (χ1v) is 10.4. The fourth-order valence-electron chi connectivity index (χ4n) is 4.12. The Balaban J connectivity index is 1.85. The maximum absolute atomic E-state index is 13.3. The first kappa shape index (κ1) is 19.9. The van der Waals surface area contributed by atoms with E-state index >= 15 is 0 Å². The average Bonchev–Trinajstić information content (AvgIpc) is 3.19. The molecule has 0 aliphatic carbocycles. The van der Waals surface area contributed by atoms with Gasteiger partial charge in [-0.1, -0.05) is 35.4 Å². The predicted molar refractivity (Wildman–Crippen MR) is 118 cm³/mol. The zero-order chi connectivity index (χ0) is 20.5. The molecule has 1 N–H and O–H groups in total. The molecule has 0 unspecified atom stereocenters. The second-order valence-electron chi connectivity index (χ2n) is 7.79. The van der Waals surface area contributed by atoms with Crippen LogP contribution in [0.4, 0.5) is 0 Å². The molecule has 5 heteroatoms. The molecule has 1 atom stereocenters. The summed E-state index contributed by atoms with van der Waals surface area (Å²) in [6, 6.07) is 11.8. The third-order valence-electron chi connectivity index (χ3n) is 5.51. The maximum Gasteiger partial charge on any atom is 0.252 e. The van der Waals surface area contributed by atoms with E-state index < -0.39 is 0 Å². The number of rotatable bonds is 4. The highest BCUT2D eigenvalue weighted by molar-refractivity contribution is 6.30. The molecule has 29 heavy (non-hydrogen) atoms. The molecule has 4 rings (SSSR count). The predicted octanol–water partition coefficient (Wildman–Crippen LogP) is 5.39. The molecule has 0 radical (unpaired) electrons. The normalized spacial score (nSPS) is 16.3. The minimum absolute atomic E-state index is 0.0846. The van der Waals surface area contributed by atoms with Crippen molar-refractivity contribution < 1.29 is 9.53 Å². The van der Waals surface area contributed by atoms with E-state index in [-0.39, 0.29) is 12.0 Å². The standard InChI is InChI=1S/C24H25ClN2O2/c1-14-10-15(2)22-20(11-14)21(24(28)26-13-19-8-5-9-29-19)16(3)23(27-22)17-6-4-7-18(25)12-17/h4,6-7,10-12,19H,5,8-9,13H2,1-3H3,(H,26,28)/t19-/m0/s1. The maximum atomic E-state index is 13.3. The second kappa shape index (κ2) is 8.13. The molecule has 1 fully saturated rings. The van der Waals surface area contributed by atoms with E-state index in [0.29, 0.717) is 17.1 Å². The minimum atomic E-state index is -0.0846. The van der Waals surface area contributed by atoms with Crippen LogP contribution in [0.2, 0.25) is 5.02 Å². The molecule has 4 nitrogen and oxygen atoms in total. The molecule has 0 saturated carbocycles. The van der Waals surface area contributed by atoms with E-state index in [1.54, 1.807) is 0 Å². The van der Waals surface area contributed by atoms with E-state index in [1.807, 2.05) is 51.1 Å². The quantitative estimate of drug-likeness (QED) is 0.629. The summed E-state index contributed by atoms with van der Waals surface area (Å²) in [5.41, 5.74) is 6.23. The number of aryl methyl sites for hydroxylation is 2. The van der Waals surface area contributed by atoms with Crippen LogP contribution in [-0.2, 0) is 4.74 Å². The van der Waals surface area contributed by atoms with Crippen LogP contribution < -0.4 is 5.32 Å². The van der Waals surface area contributed by atoms with Gasteiger partial charge in [-0.15, -0.1) is 0 Å². The number of nitrogens with zero attached hydrogens (tertiary/aromatic N) is 1. The van der Waals surface area contributed by atoms with Crippen molar-refractivity contribution in [1.29, 1.82) is 0 Å². The van der Waals surface area contributed by atoms with Gasteiger partial charge < -0.3 is 10.1 Å². The summed E-state index contributed by atoms with van der Waals surface area (Å²) in [6.45, 7) is 7.34. The second-order valence-corrected chi connectivity index (χ2v) is 8.23. The fourth-order valence-corrected chi connectivity index (χ4v) is 4.31. The van der Waals surface area contributed by atoms with Gasteiger partial charge in [-0.2, -0.15) is 0 Å². The first-order valence-electron chi connectivity index (χ1n) is 10.0. The zero-order valence-electron chi connectivity index (χ0n) is 17.0. The van der Waals surface area contributed by atoms with Crippen molar-refractivity contribution in [3.05, 3.63) is 63.7 Å². The zero-order valence-corrected chi connectivity index (χ0v) is 17.8. The van der Waals surface area contributed by atoms with Gasteiger partial charge in [0.05, 0.1) is 22.9 Å². The minimum Gasteiger partial charge on any atom is -0.376 e. The van der Waals surface area contributed by atoms with Crippen molar-refractivity contribution in [3.8, 4) is 11.3 Å². The number of aromatic nitrogens is 1. The number of fused-ring (bicyclic) bond motifs is 1. The van der Waals surface area contributed by atoms with Crippen LogP contribution in [0.1, 0.15) is 39.9 Å². The van der Waals surface area contributed by atoms with Gasteiger partial charge in [-0.3, -0.25) is 4.79 Å². The Labute approximate surface area is 176 Å². The Morgan fingerprint density at radius 3 is 2.79 bits per heavy atom. The smallest absolute Gasteiger partial charge is 0.252 e. The Bertz CT molecular complexity index is 1090. The third kappa shape index (κ3) is 4.00. The number of hydrogen-bond acceptors (Lipinski definition) is 3. The van der Waals surface area contributed by atoms with Crippen LogP contribution in [0.5, 0.6) is 0 Å². The van der Waals surface area contributed by atoms with Crippen LogP contribution in [0.25, 0.3) is 22.2 Å². The molecular formula is C24H25ClN2O2. The van der Waals surface area contributed by atoms with Crippen molar-refractivity contribution in [2.24, 2.45) is 0 Å². The van der Waals surface area contributed by atoms with E-state index in [9.17, 15) is 4.79 Å². The van der Waals surface area contributed by atoms with Crippen molar-refractivity contribution in [2.45, 2.75) is 39.7 Å². The Morgan fingerprint density at radius 2 is 2.07 bits per heavy atom. The van der Waals surface area contributed by atoms with Crippen LogP contribution in [0.3, 0.4) is 0 Å². The van der Waals surface area contributed by atoms with Crippen molar-refractivity contribution in [1.82, 2.24) is 10.3 Å². The van der Waals surface area contributed by atoms with Gasteiger partial charge in [-0.05, 0) is 62.9 Å². The molecule has 150 valence electrons. The highest BCUT2D eigenvalue weighted by Crippen LogP contribution is 2.32. The van der Waals surface area contributed by atoms with Gasteiger partial charge in [0.15, 0.2) is 0 Å². The van der Waals surface area contributed by atoms with Gasteiger partial charge in [-0.25, -0.2) is 4.98 Å². The number of benzene rings is 2. The summed E-state index contributed by atoms with van der Waals surface area (Å²) in [5, 5.41) is 4.62. The topological polar surface area (TPSA) is 51.2 Å². The number of amides is 1. The molecule has 1 amide bonds. The van der Waals surface area contributed by atoms with Gasteiger partial charge >= 0.3 is 0 Å². The molecular weight excluding hydrogens is 384 g/mol. The van der Waals surface area contributed by atoms with Crippen molar-refractivity contribution in [2.75, 3.05) is 13.2 Å². The van der Waals surface area contributed by atoms with Crippen LogP contribution in [0, 0.1) is 20.8 Å². The summed E-state index contributed by atoms with van der Waals surface area (Å²) in [7, 11) is 0. The SMILES string of the molecule is Cc1cc(C)c2nc(-c3cccc(Cl)c3)c(C)c(C(=O)NC[C@@H]3CCCO3)c2c1. The molecule has 3 aromatic rings. The first-order chi connectivity index (χ1) is 13.9. The Morgan fingerprint density at radius 1 is 1.24 bits per heavy atom. The van der Waals surface area contributed by atoms with E-state index in [0.717, 1.165) is 58.3 Å². The fraction of sp³-hybridized carbons (Fsp3) is 0.333. The molecule has 1 aromatic heterocycles.